The van der Waals surface area contributed by atoms with Crippen LogP contribution in [-0.4, -0.2) is 25.0 Å². The molecule has 3 N–H and O–H groups in total. The maximum atomic E-state index is 4.66. The molecule has 1 aliphatic rings. The van der Waals surface area contributed by atoms with Crippen LogP contribution >= 0.6 is 0 Å². The molecule has 0 radical (unpaired) electrons. The third-order valence-corrected chi connectivity index (χ3v) is 5.22. The van der Waals surface area contributed by atoms with Crippen LogP contribution in [-0.2, 0) is 18.1 Å². The van der Waals surface area contributed by atoms with E-state index in [1.54, 1.807) is 24.3 Å². The molecule has 0 amide bonds. The zero-order chi connectivity index (χ0) is 19.8. The topological polar surface area (TPSA) is 66.3 Å². The Morgan fingerprint density at radius 1 is 1.07 bits per heavy atom. The van der Waals surface area contributed by atoms with Gasteiger partial charge in [0.05, 0.1) is 0 Å². The SMILES string of the molecule is C#C.[Os]=[C](Nc1ccccc1)Nc1cc(NC2CCCCC2)nn2ccnc12. The van der Waals surface area contributed by atoms with Gasteiger partial charge in [-0.05, 0) is 0 Å². The molecule has 0 unspecified atom stereocenters. The number of nitrogens with zero attached hydrogens (tertiary/aromatic N) is 3. The van der Waals surface area contributed by atoms with Gasteiger partial charge in [-0.2, -0.15) is 0 Å². The van der Waals surface area contributed by atoms with Crippen molar-refractivity contribution in [2.75, 3.05) is 16.0 Å². The molecule has 0 saturated heterocycles. The molecule has 0 bridgehead atoms. The van der Waals surface area contributed by atoms with Crippen molar-refractivity contribution in [3.05, 3.63) is 48.8 Å². The summed E-state index contributed by atoms with van der Waals surface area (Å²) >= 11 is 1.79. The second kappa shape index (κ2) is 10.0. The van der Waals surface area contributed by atoms with Gasteiger partial charge < -0.3 is 0 Å². The van der Waals surface area contributed by atoms with E-state index in [0.29, 0.717) is 6.04 Å². The second-order valence-corrected chi connectivity index (χ2v) is 7.81. The third kappa shape index (κ3) is 5.18. The van der Waals surface area contributed by atoms with Gasteiger partial charge in [0.1, 0.15) is 0 Å². The first kappa shape index (κ1) is 20.1. The van der Waals surface area contributed by atoms with Crippen molar-refractivity contribution in [1.29, 1.82) is 0 Å². The van der Waals surface area contributed by atoms with Gasteiger partial charge in [0.25, 0.3) is 0 Å². The minimum absolute atomic E-state index is 0.513. The third-order valence-electron chi connectivity index (χ3n) is 4.58. The first-order chi connectivity index (χ1) is 13.8. The summed E-state index contributed by atoms with van der Waals surface area (Å²) in [4.78, 5) is 4.44. The number of aromatic nitrogens is 3. The molecule has 7 heteroatoms. The number of fused-ring (bicyclic) bond motifs is 1. The van der Waals surface area contributed by atoms with Gasteiger partial charge in [-0.25, -0.2) is 0 Å². The fraction of sp³-hybridized carbons (Fsp3) is 0.286. The molecule has 0 spiro atoms. The van der Waals surface area contributed by atoms with Gasteiger partial charge in [0, 0.05) is 0 Å². The molecule has 2 aromatic heterocycles. The minimum atomic E-state index is 0.513. The summed E-state index contributed by atoms with van der Waals surface area (Å²) in [6.07, 6.45) is 18.0. The molecular formula is C21H24N6Os. The summed E-state index contributed by atoms with van der Waals surface area (Å²) in [7, 11) is 0. The molecule has 1 fully saturated rings. The van der Waals surface area contributed by atoms with Crippen LogP contribution in [0.3, 0.4) is 0 Å². The molecule has 2 heterocycles. The Balaban J connectivity index is 0.00000109. The van der Waals surface area contributed by atoms with E-state index in [4.69, 9.17) is 0 Å². The molecule has 28 heavy (non-hydrogen) atoms. The fourth-order valence-corrected chi connectivity index (χ4v) is 4.03. The van der Waals surface area contributed by atoms with Crippen LogP contribution in [0.5, 0.6) is 0 Å². The van der Waals surface area contributed by atoms with Gasteiger partial charge in [-0.15, -0.1) is 12.8 Å². The van der Waals surface area contributed by atoms with Crippen molar-refractivity contribution in [3.63, 3.8) is 0 Å². The number of imidazole rings is 1. The molecular weight excluding hydrogens is 527 g/mol. The van der Waals surface area contributed by atoms with E-state index in [1.165, 1.54) is 32.1 Å². The molecule has 146 valence electrons. The van der Waals surface area contributed by atoms with Crippen molar-refractivity contribution in [3.8, 4) is 12.8 Å². The molecule has 6 nitrogen and oxygen atoms in total. The van der Waals surface area contributed by atoms with E-state index >= 15 is 0 Å². The van der Waals surface area contributed by atoms with E-state index in [2.05, 4.69) is 44.9 Å². The molecule has 4 rings (SSSR count). The first-order valence-corrected chi connectivity index (χ1v) is 10.6. The van der Waals surface area contributed by atoms with Crippen LogP contribution in [0.2, 0.25) is 0 Å². The average molecular weight is 551 g/mol. The van der Waals surface area contributed by atoms with Gasteiger partial charge in [0.15, 0.2) is 0 Å². The van der Waals surface area contributed by atoms with Gasteiger partial charge in [-0.3, -0.25) is 0 Å². The predicted molar refractivity (Wildman–Crippen MR) is 112 cm³/mol. The zero-order valence-corrected chi connectivity index (χ0v) is 18.1. The summed E-state index contributed by atoms with van der Waals surface area (Å²) in [5.74, 6) is 0.890. The normalized spacial score (nSPS) is 14.0. The predicted octanol–water partition coefficient (Wildman–Crippen LogP) is 3.88. The van der Waals surface area contributed by atoms with Crippen molar-refractivity contribution >= 4 is 27.2 Å². The molecule has 1 aliphatic carbocycles. The quantitative estimate of drug-likeness (QED) is 0.407. The van der Waals surface area contributed by atoms with Crippen LogP contribution in [0.15, 0.2) is 48.8 Å². The summed E-state index contributed by atoms with van der Waals surface area (Å²) in [5.41, 5.74) is 2.81. The number of hydrogen-bond acceptors (Lipinski definition) is 5. The Morgan fingerprint density at radius 2 is 1.82 bits per heavy atom. The second-order valence-electron chi connectivity index (χ2n) is 6.54. The number of benzene rings is 1. The van der Waals surface area contributed by atoms with Crippen LogP contribution < -0.4 is 16.0 Å². The standard InChI is InChI=1S/C19H22N6.C2H2.Os/c1-3-7-15(8-4-1)21-14-22-17-13-18(23-16-9-5-2-6-10-16)24-25-12-11-20-19(17)25;1-2;/h1,3-4,7-8,11-13,16,21-22H,2,5-6,9-10H2,(H,23,24);1-2H;. The Bertz CT molecular complexity index is 928. The van der Waals surface area contributed by atoms with E-state index < -0.39 is 0 Å². The van der Waals surface area contributed by atoms with Gasteiger partial charge in [-0.1, -0.05) is 0 Å². The number of rotatable bonds is 6. The van der Waals surface area contributed by atoms with Crippen LogP contribution in [0.25, 0.3) is 5.65 Å². The molecule has 1 saturated carbocycles. The monoisotopic (exact) mass is 552 g/mol. The number of nitrogens with one attached hydrogen (secondary N) is 3. The Kier molecular flexibility index (Phi) is 7.17. The molecule has 3 aromatic rings. The maximum absolute atomic E-state index is 4.66. The first-order valence-electron chi connectivity index (χ1n) is 9.32. The summed E-state index contributed by atoms with van der Waals surface area (Å²) < 4.78 is 2.79. The van der Waals surface area contributed by atoms with Crippen LogP contribution in [0, 0.1) is 12.8 Å². The number of para-hydroxylation sites is 1. The van der Waals surface area contributed by atoms with Crippen LogP contribution in [0.1, 0.15) is 32.1 Å². The van der Waals surface area contributed by atoms with E-state index in [0.717, 1.165) is 27.2 Å². The summed E-state index contributed by atoms with van der Waals surface area (Å²) in [5, 5.41) is 15.1. The summed E-state index contributed by atoms with van der Waals surface area (Å²) in [6.45, 7) is 0. The van der Waals surface area contributed by atoms with Gasteiger partial charge in [0.2, 0.25) is 0 Å². The van der Waals surface area contributed by atoms with E-state index in [-0.39, 0.29) is 0 Å². The Labute approximate surface area is 175 Å². The zero-order valence-electron chi connectivity index (χ0n) is 15.6. The van der Waals surface area contributed by atoms with Crippen molar-refractivity contribution in [2.24, 2.45) is 0 Å². The summed E-state index contributed by atoms with van der Waals surface area (Å²) in [6, 6.07) is 12.7. The molecule has 0 aliphatic heterocycles. The van der Waals surface area contributed by atoms with E-state index in [9.17, 15) is 0 Å². The molecule has 1 aromatic carbocycles. The van der Waals surface area contributed by atoms with Gasteiger partial charge >= 0.3 is 163 Å². The molecule has 0 atom stereocenters. The number of hydrogen-bond donors (Lipinski definition) is 3. The van der Waals surface area contributed by atoms with Crippen molar-refractivity contribution in [1.82, 2.24) is 14.6 Å². The number of terminal acetylenes is 1. The average Bonchev–Trinajstić information content (AvgIpc) is 3.20. The van der Waals surface area contributed by atoms with Crippen molar-refractivity contribution < 1.29 is 18.1 Å². The Hall–Kier alpha value is -2.69. The fourth-order valence-electron chi connectivity index (χ4n) is 3.33. The number of anilines is 3. The van der Waals surface area contributed by atoms with E-state index in [1.807, 2.05) is 41.0 Å². The van der Waals surface area contributed by atoms with Crippen molar-refractivity contribution in [2.45, 2.75) is 38.1 Å². The van der Waals surface area contributed by atoms with Crippen LogP contribution in [0.4, 0.5) is 17.2 Å². The Morgan fingerprint density at radius 3 is 2.57 bits per heavy atom.